The molecule has 4 heterocycles. The molecule has 1 N–H and O–H groups in total. The van der Waals surface area contributed by atoms with Gasteiger partial charge in [-0.2, -0.15) is 22.8 Å². The van der Waals surface area contributed by atoms with Gasteiger partial charge in [0.2, 0.25) is 11.8 Å². The Kier molecular flexibility index (Phi) is 5.45. The van der Waals surface area contributed by atoms with Crippen molar-refractivity contribution in [1.82, 2.24) is 29.7 Å². The number of fused-ring (bicyclic) bond motifs is 1. The summed E-state index contributed by atoms with van der Waals surface area (Å²) in [5.74, 6) is -0.107. The van der Waals surface area contributed by atoms with Gasteiger partial charge in [0.1, 0.15) is 17.3 Å². The van der Waals surface area contributed by atoms with Crippen LogP contribution in [0, 0.1) is 6.92 Å². The van der Waals surface area contributed by atoms with Crippen LogP contribution in [0.4, 0.5) is 13.2 Å². The first-order valence-electron chi connectivity index (χ1n) is 11.1. The molecule has 1 aliphatic rings. The second-order valence-corrected chi connectivity index (χ2v) is 8.45. The first-order valence-corrected chi connectivity index (χ1v) is 11.1. The lowest BCUT2D eigenvalue weighted by Crippen LogP contribution is -2.37. The molecular weight excluding hydrogens is 465 g/mol. The topological polar surface area (TPSA) is 109 Å². The predicted octanol–water partition coefficient (Wildman–Crippen LogP) is 4.14. The summed E-state index contributed by atoms with van der Waals surface area (Å²) in [7, 11) is 0. The molecule has 5 rings (SSSR count). The zero-order chi connectivity index (χ0) is 24.9. The molecule has 0 saturated carbocycles. The number of carbonyl (C=O) groups is 1. The highest BCUT2D eigenvalue weighted by Crippen LogP contribution is 2.38. The lowest BCUT2D eigenvalue weighted by molar-refractivity contribution is -0.140. The van der Waals surface area contributed by atoms with E-state index in [0.29, 0.717) is 17.5 Å². The maximum Gasteiger partial charge on any atom is 0.435 e. The van der Waals surface area contributed by atoms with Gasteiger partial charge in [-0.3, -0.25) is 9.59 Å². The highest BCUT2D eigenvalue weighted by molar-refractivity contribution is 5.81. The van der Waals surface area contributed by atoms with E-state index in [2.05, 4.69) is 20.3 Å². The third-order valence-electron chi connectivity index (χ3n) is 6.15. The van der Waals surface area contributed by atoms with E-state index in [-0.39, 0.29) is 45.7 Å². The van der Waals surface area contributed by atoms with Crippen molar-refractivity contribution in [2.24, 2.45) is 0 Å². The largest absolute Gasteiger partial charge is 0.435 e. The molecule has 1 amide bonds. The minimum Gasteiger partial charge on any atom is -0.418 e. The van der Waals surface area contributed by atoms with Gasteiger partial charge in [0.15, 0.2) is 5.69 Å². The molecule has 0 spiro atoms. The second kappa shape index (κ2) is 8.36. The number of nitrogens with zero attached hydrogens (tertiary/aromatic N) is 5. The van der Waals surface area contributed by atoms with Crippen LogP contribution in [0.5, 0.6) is 0 Å². The smallest absolute Gasteiger partial charge is 0.418 e. The maximum atomic E-state index is 13.9. The van der Waals surface area contributed by atoms with Crippen LogP contribution in [-0.2, 0) is 11.0 Å². The lowest BCUT2D eigenvalue weighted by atomic mass is 10.0. The minimum atomic E-state index is -4.79. The van der Waals surface area contributed by atoms with Gasteiger partial charge < -0.3 is 14.3 Å². The van der Waals surface area contributed by atoms with Crippen molar-refractivity contribution in [2.45, 2.75) is 45.3 Å². The lowest BCUT2D eigenvalue weighted by Gasteiger charge is -2.32. The zero-order valence-corrected chi connectivity index (χ0v) is 18.9. The molecule has 4 aromatic rings. The van der Waals surface area contributed by atoms with Gasteiger partial charge in [0.05, 0.1) is 5.56 Å². The van der Waals surface area contributed by atoms with E-state index in [9.17, 15) is 22.8 Å². The Hall–Kier alpha value is -3.96. The van der Waals surface area contributed by atoms with Gasteiger partial charge in [-0.15, -0.1) is 10.2 Å². The van der Waals surface area contributed by atoms with E-state index in [0.717, 1.165) is 12.8 Å². The average Bonchev–Trinajstić information content (AvgIpc) is 3.45. The molecule has 1 aliphatic heterocycles. The number of hydrogen-bond acceptors (Lipinski definition) is 6. The van der Waals surface area contributed by atoms with E-state index < -0.39 is 23.5 Å². The van der Waals surface area contributed by atoms with Crippen LogP contribution in [0.1, 0.15) is 49.5 Å². The Balaban J connectivity index is 1.66. The number of aromatic amines is 1. The minimum absolute atomic E-state index is 0.0859. The van der Waals surface area contributed by atoms with E-state index in [1.807, 2.05) is 0 Å². The molecule has 3 aromatic heterocycles. The van der Waals surface area contributed by atoms with E-state index in [1.54, 1.807) is 23.1 Å². The highest BCUT2D eigenvalue weighted by atomic mass is 19.4. The van der Waals surface area contributed by atoms with Crippen LogP contribution in [0.25, 0.3) is 28.2 Å². The molecule has 12 heteroatoms. The zero-order valence-electron chi connectivity index (χ0n) is 18.9. The summed E-state index contributed by atoms with van der Waals surface area (Å²) in [6, 6.07) is 7.51. The summed E-state index contributed by atoms with van der Waals surface area (Å²) < 4.78 is 48.1. The molecule has 9 nitrogen and oxygen atoms in total. The van der Waals surface area contributed by atoms with Crippen LogP contribution in [-0.4, -0.2) is 42.1 Å². The SMILES string of the molecule is CC(=O)N1CCCCC1c1nnc(-c2c(C)[nH]c3c(-c4ccccc4)c(C(F)(F)F)nn3c2=O)o1. The van der Waals surface area contributed by atoms with E-state index >= 15 is 0 Å². The fourth-order valence-corrected chi connectivity index (χ4v) is 4.55. The number of nitrogens with one attached hydrogen (secondary N) is 1. The number of H-pyrrole nitrogens is 1. The quantitative estimate of drug-likeness (QED) is 0.466. The third-order valence-corrected chi connectivity index (χ3v) is 6.15. The normalized spacial score (nSPS) is 16.7. The number of alkyl halides is 3. The summed E-state index contributed by atoms with van der Waals surface area (Å²) in [6.07, 6.45) is -2.44. The first-order chi connectivity index (χ1) is 16.7. The molecule has 182 valence electrons. The highest BCUT2D eigenvalue weighted by Gasteiger charge is 2.40. The van der Waals surface area contributed by atoms with E-state index in [1.165, 1.54) is 26.0 Å². The number of hydrogen-bond donors (Lipinski definition) is 1. The molecule has 0 radical (unpaired) electrons. The fraction of sp³-hybridized carbons (Fsp3) is 0.348. The van der Waals surface area contributed by atoms with Crippen molar-refractivity contribution in [3.63, 3.8) is 0 Å². The summed E-state index contributed by atoms with van der Waals surface area (Å²) in [5.41, 5.74) is -1.91. The molecule has 0 aliphatic carbocycles. The molecule has 1 atom stereocenters. The Morgan fingerprint density at radius 1 is 1.14 bits per heavy atom. The Bertz CT molecular complexity index is 1470. The number of aryl methyl sites for hydroxylation is 1. The summed E-state index contributed by atoms with van der Waals surface area (Å²) >= 11 is 0. The molecule has 1 fully saturated rings. The molecule has 1 aromatic carbocycles. The standard InChI is InChI=1S/C23H21F3N6O3/c1-12-16(21-29-28-20(35-21)15-10-6-7-11-31(15)13(2)33)22(34)32-19(27-12)17(14-8-4-3-5-9-14)18(30-32)23(24,25)26/h3-5,8-9,15,27H,6-7,10-11H2,1-2H3. The van der Waals surface area contributed by atoms with Crippen LogP contribution < -0.4 is 5.56 Å². The number of likely N-dealkylation sites (tertiary alicyclic amines) is 1. The number of benzene rings is 1. The number of aromatic nitrogens is 5. The summed E-state index contributed by atoms with van der Waals surface area (Å²) in [4.78, 5) is 29.9. The second-order valence-electron chi connectivity index (χ2n) is 8.45. The van der Waals surface area contributed by atoms with Crippen LogP contribution in [0.15, 0.2) is 39.5 Å². The van der Waals surface area contributed by atoms with Crippen LogP contribution >= 0.6 is 0 Å². The fourth-order valence-electron chi connectivity index (χ4n) is 4.55. The van der Waals surface area contributed by atoms with Crippen LogP contribution in [0.2, 0.25) is 0 Å². The number of halogens is 3. The molecule has 1 unspecified atom stereocenters. The van der Waals surface area contributed by atoms with Crippen molar-refractivity contribution in [1.29, 1.82) is 0 Å². The third kappa shape index (κ3) is 3.88. The average molecular weight is 486 g/mol. The summed E-state index contributed by atoms with van der Waals surface area (Å²) in [6.45, 7) is 3.55. The Morgan fingerprint density at radius 2 is 1.89 bits per heavy atom. The van der Waals surface area contributed by atoms with Gasteiger partial charge in [-0.1, -0.05) is 30.3 Å². The van der Waals surface area contributed by atoms with Crippen LogP contribution in [0.3, 0.4) is 0 Å². The van der Waals surface area contributed by atoms with Gasteiger partial charge >= 0.3 is 6.18 Å². The van der Waals surface area contributed by atoms with Gasteiger partial charge in [0.25, 0.3) is 11.4 Å². The Labute approximate surface area is 196 Å². The molecule has 0 bridgehead atoms. The predicted molar refractivity (Wildman–Crippen MR) is 118 cm³/mol. The van der Waals surface area contributed by atoms with E-state index in [4.69, 9.17) is 4.42 Å². The maximum absolute atomic E-state index is 13.9. The van der Waals surface area contributed by atoms with Crippen molar-refractivity contribution < 1.29 is 22.4 Å². The number of carbonyl (C=O) groups excluding carboxylic acids is 1. The first kappa shape index (κ1) is 22.8. The summed E-state index contributed by atoms with van der Waals surface area (Å²) in [5, 5.41) is 11.7. The molecule has 1 saturated heterocycles. The Morgan fingerprint density at radius 3 is 2.57 bits per heavy atom. The van der Waals surface area contributed by atoms with Crippen molar-refractivity contribution in [2.75, 3.05) is 6.54 Å². The molecule has 35 heavy (non-hydrogen) atoms. The van der Waals surface area contributed by atoms with Crippen molar-refractivity contribution in [3.05, 3.63) is 58.0 Å². The number of amides is 1. The van der Waals surface area contributed by atoms with Gasteiger partial charge in [0, 0.05) is 19.2 Å². The van der Waals surface area contributed by atoms with Gasteiger partial charge in [-0.05, 0) is 31.7 Å². The molecular formula is C23H21F3N6O3. The van der Waals surface area contributed by atoms with Crippen molar-refractivity contribution >= 4 is 11.6 Å². The number of piperidine rings is 1. The van der Waals surface area contributed by atoms with Crippen molar-refractivity contribution in [3.8, 4) is 22.6 Å². The number of rotatable bonds is 3. The van der Waals surface area contributed by atoms with Gasteiger partial charge in [-0.25, -0.2) is 0 Å². The monoisotopic (exact) mass is 486 g/mol.